The van der Waals surface area contributed by atoms with Gasteiger partial charge in [0, 0.05) is 10.9 Å². The average molecular weight is 539 g/mol. The third kappa shape index (κ3) is 3.71. The molecule has 0 N–H and O–H groups in total. The Kier molecular flexibility index (Phi) is 5.72. The minimum Gasteiger partial charge on any atom is -0.456 e. The van der Waals surface area contributed by atoms with Crippen LogP contribution in [-0.4, -0.2) is 0 Å². The van der Waals surface area contributed by atoms with Crippen molar-refractivity contribution in [2.24, 2.45) is 0 Å². The first kappa shape index (κ1) is 24.6. The molecule has 1 heterocycles. The van der Waals surface area contributed by atoms with E-state index in [1.54, 1.807) is 0 Å². The van der Waals surface area contributed by atoms with Crippen molar-refractivity contribution >= 4 is 38.4 Å². The van der Waals surface area contributed by atoms with Gasteiger partial charge in [-0.25, -0.2) is 0 Å². The van der Waals surface area contributed by atoms with Gasteiger partial charge in [-0.1, -0.05) is 122 Å². The summed E-state index contributed by atoms with van der Waals surface area (Å²) in [6.45, 7) is 4.39. The Balaban J connectivity index is 1.45. The van der Waals surface area contributed by atoms with Gasteiger partial charge in [-0.2, -0.15) is 0 Å². The van der Waals surface area contributed by atoms with Crippen molar-refractivity contribution in [3.63, 3.8) is 0 Å². The van der Waals surface area contributed by atoms with E-state index in [-0.39, 0.29) is 0 Å². The Morgan fingerprint density at radius 3 is 1.90 bits per heavy atom. The van der Waals surface area contributed by atoms with Crippen molar-refractivity contribution in [1.29, 1.82) is 0 Å². The van der Waals surface area contributed by atoms with Gasteiger partial charge in [-0.15, -0.1) is 0 Å². The van der Waals surface area contributed by atoms with Gasteiger partial charge in [0.15, 0.2) is 0 Å². The SMILES string of the molecule is CC/C=C\c1ccc(-c2c3ccccc3c(-c3ccc4c5c(cccc35)-c3ccccc3O4)c3ccccc23)cc1C. The molecule has 0 bridgehead atoms. The van der Waals surface area contributed by atoms with Gasteiger partial charge in [0.25, 0.3) is 0 Å². The van der Waals surface area contributed by atoms with Crippen LogP contribution < -0.4 is 4.74 Å². The van der Waals surface area contributed by atoms with E-state index >= 15 is 0 Å². The molecule has 0 spiro atoms. The quantitative estimate of drug-likeness (QED) is 0.202. The van der Waals surface area contributed by atoms with Crippen LogP contribution in [0.3, 0.4) is 0 Å². The number of rotatable bonds is 4. The number of allylic oxidation sites excluding steroid dienone is 1. The minimum atomic E-state index is 0.914. The second-order valence-corrected chi connectivity index (χ2v) is 11.2. The van der Waals surface area contributed by atoms with Crippen molar-refractivity contribution in [1.82, 2.24) is 0 Å². The number of hydrogen-bond donors (Lipinski definition) is 0. The molecule has 0 aliphatic carbocycles. The third-order valence-electron chi connectivity index (χ3n) is 8.69. The highest BCUT2D eigenvalue weighted by atomic mass is 16.5. The summed E-state index contributed by atoms with van der Waals surface area (Å²) in [6, 6.07) is 44.1. The highest BCUT2D eigenvalue weighted by molar-refractivity contribution is 6.24. The van der Waals surface area contributed by atoms with Crippen molar-refractivity contribution < 1.29 is 4.74 Å². The molecule has 0 amide bonds. The van der Waals surface area contributed by atoms with Gasteiger partial charge in [-0.05, 0) is 97.4 Å². The molecule has 0 atom stereocenters. The normalized spacial score (nSPS) is 12.2. The minimum absolute atomic E-state index is 0.914. The number of para-hydroxylation sites is 1. The van der Waals surface area contributed by atoms with Crippen LogP contribution in [-0.2, 0) is 0 Å². The standard InChI is InChI=1S/C41H30O/c1-3-4-12-27-21-22-28(25-26(27)2)39-31-14-5-7-16-33(31)40(34-17-8-6-15-32(34)39)36-23-24-38-41-30(18-11-19-35(36)41)29-13-9-10-20-37(29)42-38/h4-25H,3H2,1-2H3/b12-4-. The smallest absolute Gasteiger partial charge is 0.135 e. The lowest BCUT2D eigenvalue weighted by atomic mass is 9.83. The molecule has 1 nitrogen and oxygen atoms in total. The highest BCUT2D eigenvalue weighted by Crippen LogP contribution is 2.51. The van der Waals surface area contributed by atoms with Gasteiger partial charge in [0.05, 0.1) is 0 Å². The van der Waals surface area contributed by atoms with Crippen LogP contribution in [0.2, 0.25) is 0 Å². The Hall–Kier alpha value is -5.14. The Morgan fingerprint density at radius 1 is 0.548 bits per heavy atom. The number of benzene rings is 7. The van der Waals surface area contributed by atoms with E-state index in [9.17, 15) is 0 Å². The van der Waals surface area contributed by atoms with Crippen LogP contribution in [0, 0.1) is 6.92 Å². The first-order valence-electron chi connectivity index (χ1n) is 14.8. The molecule has 0 saturated carbocycles. The van der Waals surface area contributed by atoms with E-state index < -0.39 is 0 Å². The molecule has 200 valence electrons. The van der Waals surface area contributed by atoms with Crippen LogP contribution in [0.5, 0.6) is 11.5 Å². The Bertz CT molecular complexity index is 2160. The lowest BCUT2D eigenvalue weighted by Crippen LogP contribution is -1.98. The van der Waals surface area contributed by atoms with E-state index in [1.807, 2.05) is 6.07 Å². The number of fused-ring (bicyclic) bond motifs is 4. The molecule has 0 saturated heterocycles. The molecule has 42 heavy (non-hydrogen) atoms. The van der Waals surface area contributed by atoms with E-state index in [0.29, 0.717) is 0 Å². The maximum atomic E-state index is 6.43. The molecule has 1 heteroatoms. The van der Waals surface area contributed by atoms with Crippen LogP contribution >= 0.6 is 0 Å². The van der Waals surface area contributed by atoms with Gasteiger partial charge in [0.2, 0.25) is 0 Å². The molecule has 7 aromatic rings. The Labute approximate surface area is 246 Å². The first-order valence-corrected chi connectivity index (χ1v) is 14.8. The summed E-state index contributed by atoms with van der Waals surface area (Å²) in [5.74, 6) is 1.83. The third-order valence-corrected chi connectivity index (χ3v) is 8.69. The maximum absolute atomic E-state index is 6.43. The van der Waals surface area contributed by atoms with Crippen LogP contribution in [0.15, 0.2) is 127 Å². The summed E-state index contributed by atoms with van der Waals surface area (Å²) in [5.41, 5.74) is 9.98. The second-order valence-electron chi connectivity index (χ2n) is 11.2. The fourth-order valence-electron chi connectivity index (χ4n) is 6.79. The molecular weight excluding hydrogens is 508 g/mol. The summed E-state index contributed by atoms with van der Waals surface area (Å²) in [4.78, 5) is 0. The largest absolute Gasteiger partial charge is 0.456 e. The molecule has 0 aromatic heterocycles. The molecule has 0 unspecified atom stereocenters. The van der Waals surface area contributed by atoms with Crippen molar-refractivity contribution in [2.45, 2.75) is 20.3 Å². The molecule has 7 aromatic carbocycles. The Morgan fingerprint density at radius 2 is 1.19 bits per heavy atom. The molecule has 8 rings (SSSR count). The number of hydrogen-bond acceptors (Lipinski definition) is 1. The van der Waals surface area contributed by atoms with Crippen LogP contribution in [0.1, 0.15) is 24.5 Å². The van der Waals surface area contributed by atoms with Gasteiger partial charge in [-0.3, -0.25) is 0 Å². The second kappa shape index (κ2) is 9.75. The first-order chi connectivity index (χ1) is 20.7. The summed E-state index contributed by atoms with van der Waals surface area (Å²) in [6.07, 6.45) is 5.50. The van der Waals surface area contributed by atoms with Crippen LogP contribution in [0.25, 0.3) is 71.8 Å². The fraction of sp³-hybridized carbons (Fsp3) is 0.0732. The number of ether oxygens (including phenoxy) is 1. The topological polar surface area (TPSA) is 9.23 Å². The van der Waals surface area contributed by atoms with E-state index in [2.05, 4.69) is 141 Å². The molecule has 1 aliphatic rings. The average Bonchev–Trinajstić information content (AvgIpc) is 3.03. The highest BCUT2D eigenvalue weighted by Gasteiger charge is 2.23. The summed E-state index contributed by atoms with van der Waals surface area (Å²) < 4.78 is 6.43. The van der Waals surface area contributed by atoms with Gasteiger partial charge < -0.3 is 4.74 Å². The zero-order valence-electron chi connectivity index (χ0n) is 23.8. The zero-order valence-corrected chi connectivity index (χ0v) is 23.8. The van der Waals surface area contributed by atoms with Gasteiger partial charge >= 0.3 is 0 Å². The van der Waals surface area contributed by atoms with E-state index in [4.69, 9.17) is 4.74 Å². The molecular formula is C41H30O. The lowest BCUT2D eigenvalue weighted by molar-refractivity contribution is 0.487. The molecule has 0 radical (unpaired) electrons. The van der Waals surface area contributed by atoms with E-state index in [1.165, 1.54) is 71.3 Å². The fourth-order valence-corrected chi connectivity index (χ4v) is 6.79. The molecule has 0 fully saturated rings. The summed E-state index contributed by atoms with van der Waals surface area (Å²) in [7, 11) is 0. The number of aryl methyl sites for hydroxylation is 1. The van der Waals surface area contributed by atoms with Crippen LogP contribution in [0.4, 0.5) is 0 Å². The monoisotopic (exact) mass is 538 g/mol. The van der Waals surface area contributed by atoms with Crippen molar-refractivity contribution in [3.05, 3.63) is 139 Å². The van der Waals surface area contributed by atoms with Crippen molar-refractivity contribution in [3.8, 4) is 44.9 Å². The maximum Gasteiger partial charge on any atom is 0.135 e. The summed E-state index contributed by atoms with van der Waals surface area (Å²) in [5, 5.41) is 7.45. The predicted molar refractivity (Wildman–Crippen MR) is 179 cm³/mol. The summed E-state index contributed by atoms with van der Waals surface area (Å²) >= 11 is 0. The lowest BCUT2D eigenvalue weighted by Gasteiger charge is -2.24. The predicted octanol–water partition coefficient (Wildman–Crippen LogP) is 12.0. The van der Waals surface area contributed by atoms with Crippen molar-refractivity contribution in [2.75, 3.05) is 0 Å². The molecule has 1 aliphatic heterocycles. The van der Waals surface area contributed by atoms with Gasteiger partial charge in [0.1, 0.15) is 11.5 Å². The zero-order chi connectivity index (χ0) is 28.2. The van der Waals surface area contributed by atoms with E-state index in [0.717, 1.165) is 23.5 Å².